The quantitative estimate of drug-likeness (QED) is 0.250. The lowest BCUT2D eigenvalue weighted by atomic mass is 10.1. The summed E-state index contributed by atoms with van der Waals surface area (Å²) >= 11 is 0. The highest BCUT2D eigenvalue weighted by Gasteiger charge is 2.28. The maximum atomic E-state index is 14.4. The Hall–Kier alpha value is -4.24. The summed E-state index contributed by atoms with van der Waals surface area (Å²) in [5.74, 6) is -0.958. The van der Waals surface area contributed by atoms with E-state index in [1.165, 1.54) is 24.4 Å². The van der Waals surface area contributed by atoms with Crippen LogP contribution in [0.1, 0.15) is 28.1 Å². The van der Waals surface area contributed by atoms with E-state index in [-0.39, 0.29) is 10.7 Å². The van der Waals surface area contributed by atoms with E-state index in [0.717, 1.165) is 26.8 Å². The summed E-state index contributed by atoms with van der Waals surface area (Å²) in [7, 11) is -4.02. The smallest absolute Gasteiger partial charge is 0.264 e. The van der Waals surface area contributed by atoms with Crippen LogP contribution in [0.2, 0.25) is 0 Å². The molecule has 0 saturated heterocycles. The number of hydrazone groups is 1. The number of anilines is 1. The topological polar surface area (TPSA) is 83.8 Å². The van der Waals surface area contributed by atoms with Crippen LogP contribution in [-0.4, -0.2) is 31.7 Å². The molecule has 0 spiro atoms. The van der Waals surface area contributed by atoms with Crippen molar-refractivity contribution >= 4 is 27.8 Å². The zero-order chi connectivity index (χ0) is 27.4. The molecule has 0 fully saturated rings. The summed E-state index contributed by atoms with van der Waals surface area (Å²) < 4.78 is 44.3. The van der Waals surface area contributed by atoms with E-state index < -0.39 is 22.5 Å². The van der Waals surface area contributed by atoms with Crippen molar-refractivity contribution in [1.29, 1.82) is 0 Å². The number of hydrogen-bond donors (Lipinski definition) is 1. The third-order valence-electron chi connectivity index (χ3n) is 6.20. The highest BCUT2D eigenvalue weighted by Crippen LogP contribution is 2.27. The van der Waals surface area contributed by atoms with E-state index in [2.05, 4.69) is 10.5 Å². The van der Waals surface area contributed by atoms with Gasteiger partial charge in [0.25, 0.3) is 15.9 Å². The molecule has 3 aromatic carbocycles. The second kappa shape index (κ2) is 11.0. The van der Waals surface area contributed by atoms with Crippen LogP contribution in [0.5, 0.6) is 0 Å². The van der Waals surface area contributed by atoms with Crippen molar-refractivity contribution in [3.05, 3.63) is 113 Å². The number of nitrogens with one attached hydrogen (secondary N) is 1. The van der Waals surface area contributed by atoms with Gasteiger partial charge < -0.3 is 4.57 Å². The molecule has 0 unspecified atom stereocenters. The molecule has 1 aromatic heterocycles. The first-order valence-electron chi connectivity index (χ1n) is 12.0. The fourth-order valence-electron chi connectivity index (χ4n) is 4.37. The largest absolute Gasteiger partial charge is 0.315 e. The Balaban J connectivity index is 1.58. The number of amides is 1. The number of rotatable bonds is 8. The maximum Gasteiger partial charge on any atom is 0.264 e. The number of sulfonamides is 1. The second-order valence-corrected chi connectivity index (χ2v) is 10.9. The van der Waals surface area contributed by atoms with Crippen molar-refractivity contribution in [3.8, 4) is 5.69 Å². The molecular weight excluding hydrogens is 503 g/mol. The van der Waals surface area contributed by atoms with Crippen LogP contribution in [-0.2, 0) is 14.8 Å². The molecule has 1 N–H and O–H groups in total. The Morgan fingerprint density at radius 2 is 1.66 bits per heavy atom. The van der Waals surface area contributed by atoms with Crippen LogP contribution < -0.4 is 9.73 Å². The third kappa shape index (κ3) is 5.52. The van der Waals surface area contributed by atoms with Gasteiger partial charge in [0.15, 0.2) is 0 Å². The van der Waals surface area contributed by atoms with Gasteiger partial charge in [-0.3, -0.25) is 9.10 Å². The first-order valence-corrected chi connectivity index (χ1v) is 13.4. The predicted molar refractivity (Wildman–Crippen MR) is 148 cm³/mol. The highest BCUT2D eigenvalue weighted by atomic mass is 32.2. The van der Waals surface area contributed by atoms with Gasteiger partial charge in [-0.1, -0.05) is 48.0 Å². The molecule has 0 bridgehead atoms. The Labute approximate surface area is 222 Å². The van der Waals surface area contributed by atoms with Crippen molar-refractivity contribution in [3.63, 3.8) is 0 Å². The molecule has 196 valence electrons. The van der Waals surface area contributed by atoms with Crippen LogP contribution in [0.25, 0.3) is 5.69 Å². The lowest BCUT2D eigenvalue weighted by Crippen LogP contribution is -2.40. The SMILES string of the molecule is Cc1ccc(N(CC(=O)N/N=C\c2cc(C)n(-c3ccccc3F)c2C)S(=O)(=O)c2ccccc2)c(C)c1. The Morgan fingerprint density at radius 1 is 0.974 bits per heavy atom. The first-order chi connectivity index (χ1) is 18.1. The monoisotopic (exact) mass is 532 g/mol. The Bertz CT molecular complexity index is 1610. The van der Waals surface area contributed by atoms with E-state index in [4.69, 9.17) is 0 Å². The van der Waals surface area contributed by atoms with Gasteiger partial charge >= 0.3 is 0 Å². The summed E-state index contributed by atoms with van der Waals surface area (Å²) in [6.45, 7) is 6.93. The van der Waals surface area contributed by atoms with Crippen molar-refractivity contribution < 1.29 is 17.6 Å². The van der Waals surface area contributed by atoms with Crippen LogP contribution in [0, 0.1) is 33.5 Å². The van der Waals surface area contributed by atoms with Gasteiger partial charge in [-0.2, -0.15) is 5.10 Å². The molecule has 0 radical (unpaired) electrons. The average Bonchev–Trinajstić information content (AvgIpc) is 3.16. The van der Waals surface area contributed by atoms with Crippen molar-refractivity contribution in [2.45, 2.75) is 32.6 Å². The number of benzene rings is 3. The highest BCUT2D eigenvalue weighted by molar-refractivity contribution is 7.92. The number of carbonyl (C=O) groups excluding carboxylic acids is 1. The maximum absolute atomic E-state index is 14.4. The molecule has 7 nitrogen and oxygen atoms in total. The molecule has 4 aromatic rings. The summed E-state index contributed by atoms with van der Waals surface area (Å²) in [5, 5.41) is 4.06. The van der Waals surface area contributed by atoms with E-state index in [1.807, 2.05) is 32.9 Å². The molecule has 0 saturated carbocycles. The average molecular weight is 533 g/mol. The van der Waals surface area contributed by atoms with Gasteiger partial charge in [-0.15, -0.1) is 0 Å². The summed E-state index contributed by atoms with van der Waals surface area (Å²) in [6.07, 6.45) is 1.46. The lowest BCUT2D eigenvalue weighted by molar-refractivity contribution is -0.119. The van der Waals surface area contributed by atoms with Crippen molar-refractivity contribution in [2.24, 2.45) is 5.10 Å². The molecule has 4 rings (SSSR count). The predicted octanol–water partition coefficient (Wildman–Crippen LogP) is 5.20. The molecule has 0 aliphatic heterocycles. The van der Waals surface area contributed by atoms with Crippen molar-refractivity contribution in [2.75, 3.05) is 10.8 Å². The summed E-state index contributed by atoms with van der Waals surface area (Å²) in [5.41, 5.74) is 7.20. The van der Waals surface area contributed by atoms with E-state index in [0.29, 0.717) is 16.9 Å². The first kappa shape index (κ1) is 26.8. The molecule has 1 heterocycles. The fraction of sp³-hybridized carbons (Fsp3) is 0.172. The number of aromatic nitrogens is 1. The standard InChI is InChI=1S/C29H29FN4O3S/c1-20-14-15-27(21(2)16-20)33(38(36,37)25-10-6-5-7-11-25)19-29(35)32-31-18-24-17-22(3)34(23(24)4)28-13-9-8-12-26(28)30/h5-18H,19H2,1-4H3,(H,32,35)/b31-18-. The minimum absolute atomic E-state index is 0.0804. The van der Waals surface area contributed by atoms with Crippen molar-refractivity contribution in [1.82, 2.24) is 9.99 Å². The van der Waals surface area contributed by atoms with E-state index in [9.17, 15) is 17.6 Å². The molecule has 0 atom stereocenters. The van der Waals surface area contributed by atoms with Gasteiger partial charge in [0.05, 0.1) is 22.5 Å². The number of nitrogens with zero attached hydrogens (tertiary/aromatic N) is 3. The minimum atomic E-state index is -4.02. The second-order valence-electron chi connectivity index (χ2n) is 9.02. The fourth-order valence-corrected chi connectivity index (χ4v) is 5.87. The van der Waals surface area contributed by atoms with Gasteiger partial charge in [0.2, 0.25) is 0 Å². The molecular formula is C29H29FN4O3S. The zero-order valence-electron chi connectivity index (χ0n) is 21.6. The van der Waals surface area contributed by atoms with Gasteiger partial charge in [0.1, 0.15) is 12.4 Å². The molecule has 0 aliphatic rings. The van der Waals surface area contributed by atoms with Gasteiger partial charge in [0, 0.05) is 17.0 Å². The number of carbonyl (C=O) groups is 1. The van der Waals surface area contributed by atoms with Crippen LogP contribution >= 0.6 is 0 Å². The lowest BCUT2D eigenvalue weighted by Gasteiger charge is -2.25. The van der Waals surface area contributed by atoms with Gasteiger partial charge in [-0.25, -0.2) is 18.2 Å². The van der Waals surface area contributed by atoms with Gasteiger partial charge in [-0.05, 0) is 69.7 Å². The molecule has 0 aliphatic carbocycles. The third-order valence-corrected chi connectivity index (χ3v) is 7.97. The molecule has 1 amide bonds. The molecule has 38 heavy (non-hydrogen) atoms. The summed E-state index contributed by atoms with van der Waals surface area (Å²) in [6, 6.07) is 21.6. The number of hydrogen-bond acceptors (Lipinski definition) is 4. The van der Waals surface area contributed by atoms with E-state index in [1.54, 1.807) is 60.0 Å². The van der Waals surface area contributed by atoms with Crippen LogP contribution in [0.15, 0.2) is 88.9 Å². The normalized spacial score (nSPS) is 11.6. The molecule has 9 heteroatoms. The van der Waals surface area contributed by atoms with E-state index >= 15 is 0 Å². The Kier molecular flexibility index (Phi) is 7.78. The van der Waals surface area contributed by atoms with Crippen LogP contribution in [0.4, 0.5) is 10.1 Å². The zero-order valence-corrected chi connectivity index (χ0v) is 22.5. The Morgan fingerprint density at radius 3 is 2.34 bits per heavy atom. The number of aryl methyl sites for hydroxylation is 3. The summed E-state index contributed by atoms with van der Waals surface area (Å²) in [4.78, 5) is 13.0. The number of para-hydroxylation sites is 1. The van der Waals surface area contributed by atoms with Crippen LogP contribution in [0.3, 0.4) is 0 Å². The minimum Gasteiger partial charge on any atom is -0.315 e. The number of halogens is 1.